The average molecular weight is 426 g/mol. The van der Waals surface area contributed by atoms with Crippen LogP contribution < -0.4 is 15.4 Å². The van der Waals surface area contributed by atoms with E-state index < -0.39 is 0 Å². The molecule has 2 aliphatic rings. The Hall–Kier alpha value is -2.97. The predicted octanol–water partition coefficient (Wildman–Crippen LogP) is 1.30. The van der Waals surface area contributed by atoms with Crippen LogP contribution in [0.25, 0.3) is 0 Å². The van der Waals surface area contributed by atoms with E-state index in [4.69, 9.17) is 4.98 Å². The molecule has 0 N–H and O–H groups in total. The molecule has 9 nitrogen and oxygen atoms in total. The fraction of sp³-hybridized carbons (Fsp3) is 0.591. The molecule has 0 unspecified atom stereocenters. The van der Waals surface area contributed by atoms with Crippen molar-refractivity contribution in [1.29, 1.82) is 0 Å². The van der Waals surface area contributed by atoms with Crippen LogP contribution in [0.2, 0.25) is 0 Å². The van der Waals surface area contributed by atoms with E-state index in [9.17, 15) is 9.59 Å². The van der Waals surface area contributed by atoms with Crippen LogP contribution in [0.4, 0.5) is 11.8 Å². The summed E-state index contributed by atoms with van der Waals surface area (Å²) in [6, 6.07) is 2.06. The third-order valence-corrected chi connectivity index (χ3v) is 6.24. The minimum atomic E-state index is -0.155. The van der Waals surface area contributed by atoms with Crippen molar-refractivity contribution in [1.82, 2.24) is 24.4 Å². The molecule has 2 saturated heterocycles. The quantitative estimate of drug-likeness (QED) is 0.730. The third-order valence-electron chi connectivity index (χ3n) is 6.24. The van der Waals surface area contributed by atoms with Crippen molar-refractivity contribution in [3.63, 3.8) is 0 Å². The summed E-state index contributed by atoms with van der Waals surface area (Å²) in [5.74, 6) is 1.68. The van der Waals surface area contributed by atoms with Crippen LogP contribution in [-0.4, -0.2) is 69.6 Å². The molecule has 0 spiro atoms. The van der Waals surface area contributed by atoms with E-state index in [1.54, 1.807) is 18.7 Å². The number of carbonyl (C=O) groups is 1. The number of amides is 1. The molecule has 1 amide bonds. The van der Waals surface area contributed by atoms with Gasteiger partial charge in [-0.2, -0.15) is 4.98 Å². The number of piperazine rings is 1. The first-order valence-electron chi connectivity index (χ1n) is 11.1. The Morgan fingerprint density at radius 1 is 0.935 bits per heavy atom. The van der Waals surface area contributed by atoms with Crippen molar-refractivity contribution in [2.45, 2.75) is 46.6 Å². The van der Waals surface area contributed by atoms with Gasteiger partial charge in [0.15, 0.2) is 0 Å². The average Bonchev–Trinajstić information content (AvgIpc) is 2.79. The SMILES string of the molecule is Cc1cc(N2CCCCC2)nc(N2CCN(C(=O)Cn3cnc(C)c(C)c3=O)CC2)n1. The van der Waals surface area contributed by atoms with Gasteiger partial charge in [0.1, 0.15) is 12.4 Å². The van der Waals surface area contributed by atoms with E-state index in [-0.39, 0.29) is 18.0 Å². The lowest BCUT2D eigenvalue weighted by molar-refractivity contribution is -0.132. The summed E-state index contributed by atoms with van der Waals surface area (Å²) in [6.07, 6.45) is 5.16. The molecule has 4 rings (SSSR count). The van der Waals surface area contributed by atoms with Crippen molar-refractivity contribution in [3.05, 3.63) is 39.7 Å². The predicted molar refractivity (Wildman–Crippen MR) is 120 cm³/mol. The minimum Gasteiger partial charge on any atom is -0.356 e. The Morgan fingerprint density at radius 3 is 2.35 bits per heavy atom. The van der Waals surface area contributed by atoms with Crippen molar-refractivity contribution in [2.24, 2.45) is 0 Å². The van der Waals surface area contributed by atoms with E-state index in [0.717, 1.165) is 30.5 Å². The van der Waals surface area contributed by atoms with Crippen molar-refractivity contribution >= 4 is 17.7 Å². The Morgan fingerprint density at radius 2 is 1.65 bits per heavy atom. The van der Waals surface area contributed by atoms with Crippen LogP contribution in [-0.2, 0) is 11.3 Å². The summed E-state index contributed by atoms with van der Waals surface area (Å²) in [4.78, 5) is 45.1. The zero-order valence-corrected chi connectivity index (χ0v) is 18.7. The second-order valence-corrected chi connectivity index (χ2v) is 8.47. The van der Waals surface area contributed by atoms with Crippen LogP contribution in [0.1, 0.15) is 36.2 Å². The fourth-order valence-electron chi connectivity index (χ4n) is 4.15. The molecule has 2 aliphatic heterocycles. The summed E-state index contributed by atoms with van der Waals surface area (Å²) in [6.45, 7) is 10.2. The number of anilines is 2. The van der Waals surface area contributed by atoms with Crippen molar-refractivity contribution in [2.75, 3.05) is 49.1 Å². The zero-order valence-electron chi connectivity index (χ0n) is 18.7. The maximum absolute atomic E-state index is 12.8. The van der Waals surface area contributed by atoms with Gasteiger partial charge in [0.05, 0.1) is 6.33 Å². The fourth-order valence-corrected chi connectivity index (χ4v) is 4.15. The van der Waals surface area contributed by atoms with Gasteiger partial charge in [0, 0.05) is 62.3 Å². The van der Waals surface area contributed by atoms with Crippen LogP contribution in [0.15, 0.2) is 17.2 Å². The van der Waals surface area contributed by atoms with Gasteiger partial charge in [-0.25, -0.2) is 9.97 Å². The van der Waals surface area contributed by atoms with E-state index >= 15 is 0 Å². The van der Waals surface area contributed by atoms with Crippen LogP contribution in [0, 0.1) is 20.8 Å². The highest BCUT2D eigenvalue weighted by Crippen LogP contribution is 2.22. The molecule has 31 heavy (non-hydrogen) atoms. The molecule has 2 aromatic rings. The molecule has 0 aliphatic carbocycles. The summed E-state index contributed by atoms with van der Waals surface area (Å²) in [7, 11) is 0. The second kappa shape index (κ2) is 9.03. The van der Waals surface area contributed by atoms with Crippen LogP contribution in [0.5, 0.6) is 0 Å². The Balaban J connectivity index is 1.39. The maximum Gasteiger partial charge on any atom is 0.256 e. The molecule has 0 aromatic carbocycles. The molecule has 2 fully saturated rings. The van der Waals surface area contributed by atoms with E-state index in [0.29, 0.717) is 37.4 Å². The van der Waals surface area contributed by atoms with Gasteiger partial charge in [-0.3, -0.25) is 14.2 Å². The molecule has 2 aromatic heterocycles. The molecule has 4 heterocycles. The number of aryl methyl sites for hydroxylation is 2. The minimum absolute atomic E-state index is 0.0208. The summed E-state index contributed by atoms with van der Waals surface area (Å²) >= 11 is 0. The molecule has 9 heteroatoms. The largest absolute Gasteiger partial charge is 0.356 e. The number of hydrogen-bond donors (Lipinski definition) is 0. The maximum atomic E-state index is 12.8. The van der Waals surface area contributed by atoms with Gasteiger partial charge >= 0.3 is 0 Å². The number of nitrogens with zero attached hydrogens (tertiary/aromatic N) is 7. The number of rotatable bonds is 4. The van der Waals surface area contributed by atoms with Crippen molar-refractivity contribution in [3.8, 4) is 0 Å². The highest BCUT2D eigenvalue weighted by molar-refractivity contribution is 5.76. The molecule has 0 radical (unpaired) electrons. The van der Waals surface area contributed by atoms with Gasteiger partial charge in [0.2, 0.25) is 11.9 Å². The smallest absolute Gasteiger partial charge is 0.256 e. The van der Waals surface area contributed by atoms with E-state index in [1.807, 2.05) is 6.92 Å². The highest BCUT2D eigenvalue weighted by Gasteiger charge is 2.24. The lowest BCUT2D eigenvalue weighted by Gasteiger charge is -2.35. The number of carbonyl (C=O) groups excluding carboxylic acids is 1. The number of hydrogen-bond acceptors (Lipinski definition) is 7. The monoisotopic (exact) mass is 425 g/mol. The molecular formula is C22H31N7O2. The summed E-state index contributed by atoms with van der Waals surface area (Å²) < 4.78 is 1.39. The standard InChI is InChI=1S/C22H31N7O2/c1-16-13-19(26-7-5-4-6-8-26)25-22(24-16)28-11-9-27(10-12-28)20(30)14-29-15-23-18(3)17(2)21(29)31/h13,15H,4-12,14H2,1-3H3. The van der Waals surface area contributed by atoms with Gasteiger partial charge in [-0.1, -0.05) is 0 Å². The van der Waals surface area contributed by atoms with E-state index in [1.165, 1.54) is 30.2 Å². The topological polar surface area (TPSA) is 87.5 Å². The van der Waals surface area contributed by atoms with Crippen LogP contribution >= 0.6 is 0 Å². The van der Waals surface area contributed by atoms with Gasteiger partial charge in [0.25, 0.3) is 5.56 Å². The Bertz CT molecular complexity index is 1010. The van der Waals surface area contributed by atoms with Gasteiger partial charge in [-0.05, 0) is 40.0 Å². The number of aromatic nitrogens is 4. The lowest BCUT2D eigenvalue weighted by Crippen LogP contribution is -2.50. The molecule has 0 bridgehead atoms. The Labute approximate surface area is 182 Å². The number of piperidine rings is 1. The highest BCUT2D eigenvalue weighted by atomic mass is 16.2. The molecule has 166 valence electrons. The zero-order chi connectivity index (χ0) is 22.0. The molecule has 0 atom stereocenters. The first kappa shape index (κ1) is 21.3. The Kier molecular flexibility index (Phi) is 6.20. The van der Waals surface area contributed by atoms with Crippen molar-refractivity contribution < 1.29 is 4.79 Å². The first-order chi connectivity index (χ1) is 14.9. The lowest BCUT2D eigenvalue weighted by atomic mass is 10.1. The van der Waals surface area contributed by atoms with Gasteiger partial charge in [-0.15, -0.1) is 0 Å². The summed E-state index contributed by atoms with van der Waals surface area (Å²) in [5, 5.41) is 0. The molecule has 0 saturated carbocycles. The second-order valence-electron chi connectivity index (χ2n) is 8.47. The summed E-state index contributed by atoms with van der Waals surface area (Å²) in [5.41, 5.74) is 2.09. The normalized spacial score (nSPS) is 17.2. The van der Waals surface area contributed by atoms with Gasteiger partial charge < -0.3 is 14.7 Å². The van der Waals surface area contributed by atoms with Crippen LogP contribution in [0.3, 0.4) is 0 Å². The molecular weight excluding hydrogens is 394 g/mol. The van der Waals surface area contributed by atoms with E-state index in [2.05, 4.69) is 25.8 Å². The first-order valence-corrected chi connectivity index (χ1v) is 11.1. The third kappa shape index (κ3) is 4.70.